The molecule has 0 bridgehead atoms. The Morgan fingerprint density at radius 3 is 2.44 bits per heavy atom. The minimum atomic E-state index is -4.55. The SMILES string of the molecule is C[C@H](CC[C@@]1(OC(=O)c2ccccc2)CCOC1)[C@H]1CC[C@H]2[C@H]3CCC[C@H]4C[C@](O)(C(F)(F)F)CC[C@]4(C)[C@H]3CC[C@]12C. The van der Waals surface area contributed by atoms with Gasteiger partial charge in [0.25, 0.3) is 0 Å². The number of aliphatic hydroxyl groups is 1. The predicted octanol–water partition coefficient (Wildman–Crippen LogP) is 8.76. The van der Waals surface area contributed by atoms with Crippen LogP contribution in [0.15, 0.2) is 30.3 Å². The van der Waals surface area contributed by atoms with Crippen molar-refractivity contribution in [3.63, 3.8) is 0 Å². The molecule has 6 rings (SSSR count). The zero-order valence-corrected chi connectivity index (χ0v) is 26.3. The molecule has 1 saturated heterocycles. The largest absolute Gasteiger partial charge is 0.453 e. The first-order valence-electron chi connectivity index (χ1n) is 17.0. The van der Waals surface area contributed by atoms with Crippen molar-refractivity contribution < 1.29 is 32.5 Å². The van der Waals surface area contributed by atoms with Crippen LogP contribution in [0.25, 0.3) is 0 Å². The molecule has 5 aliphatic rings. The van der Waals surface area contributed by atoms with Gasteiger partial charge in [0, 0.05) is 6.42 Å². The van der Waals surface area contributed by atoms with E-state index in [0.29, 0.717) is 54.8 Å². The molecule has 0 amide bonds. The predicted molar refractivity (Wildman–Crippen MR) is 159 cm³/mol. The molecule has 1 heterocycles. The van der Waals surface area contributed by atoms with Crippen LogP contribution < -0.4 is 0 Å². The fourth-order valence-corrected chi connectivity index (χ4v) is 11.1. The average molecular weight is 605 g/mol. The Morgan fingerprint density at radius 1 is 1.00 bits per heavy atom. The first kappa shape index (κ1) is 31.4. The lowest BCUT2D eigenvalue weighted by atomic mass is 9.48. The summed E-state index contributed by atoms with van der Waals surface area (Å²) in [5, 5.41) is 10.6. The molecule has 4 saturated carbocycles. The van der Waals surface area contributed by atoms with Crippen LogP contribution in [0.1, 0.15) is 115 Å². The third-order valence-electron chi connectivity index (χ3n) is 13.7. The standard InChI is InChI=1S/C36H51F3O4/c1-24(14-17-34(20-21-42-23-34)43-31(40)25-8-5-4-6-9-25)28-12-13-29-27-11-7-10-26-22-35(41,36(37,38)39)19-18-32(26,2)30(27)15-16-33(28,29)3/h4-6,8-9,24,26-30,41H,7,10-23H2,1-3H3/t24-,26+,27-,28-,29+,30+,32+,33-,34-,35+/m1/s1. The second-order valence-electron chi connectivity index (χ2n) is 15.7. The molecule has 5 fully saturated rings. The molecular weight excluding hydrogens is 553 g/mol. The number of rotatable bonds is 6. The van der Waals surface area contributed by atoms with E-state index in [1.165, 1.54) is 12.8 Å². The second kappa shape index (κ2) is 11.3. The highest BCUT2D eigenvalue weighted by Gasteiger charge is 2.64. The van der Waals surface area contributed by atoms with Gasteiger partial charge in [-0.3, -0.25) is 0 Å². The van der Waals surface area contributed by atoms with Crippen molar-refractivity contribution in [2.24, 2.45) is 46.3 Å². The molecule has 0 unspecified atom stereocenters. The number of carbonyl (C=O) groups is 1. The van der Waals surface area contributed by atoms with Gasteiger partial charge >= 0.3 is 12.1 Å². The molecule has 0 spiro atoms. The number of fused-ring (bicyclic) bond motifs is 5. The minimum Gasteiger partial charge on any atom is -0.453 e. The number of hydrogen-bond acceptors (Lipinski definition) is 4. The fraction of sp³-hybridized carbons (Fsp3) is 0.806. The lowest BCUT2D eigenvalue weighted by molar-refractivity contribution is -0.285. The van der Waals surface area contributed by atoms with Crippen molar-refractivity contribution in [1.82, 2.24) is 0 Å². The van der Waals surface area contributed by atoms with Gasteiger partial charge < -0.3 is 14.6 Å². The molecule has 4 nitrogen and oxygen atoms in total. The zero-order valence-electron chi connectivity index (χ0n) is 26.3. The third kappa shape index (κ3) is 5.47. The number of carbonyl (C=O) groups excluding carboxylic acids is 1. The molecule has 1 aliphatic heterocycles. The van der Waals surface area contributed by atoms with Crippen LogP contribution in [0.5, 0.6) is 0 Å². The van der Waals surface area contributed by atoms with E-state index in [1.54, 1.807) is 12.1 Å². The van der Waals surface area contributed by atoms with Crippen LogP contribution in [0.3, 0.4) is 0 Å². The summed E-state index contributed by atoms with van der Waals surface area (Å²) in [6.45, 7) is 8.24. The summed E-state index contributed by atoms with van der Waals surface area (Å²) >= 11 is 0. The quantitative estimate of drug-likeness (QED) is 0.330. The molecule has 1 aromatic carbocycles. The van der Waals surface area contributed by atoms with E-state index in [2.05, 4.69) is 20.8 Å². The summed E-state index contributed by atoms with van der Waals surface area (Å²) in [4.78, 5) is 13.0. The van der Waals surface area contributed by atoms with Crippen LogP contribution in [0.4, 0.5) is 13.2 Å². The van der Waals surface area contributed by atoms with Gasteiger partial charge in [-0.05, 0) is 129 Å². The Bertz CT molecular complexity index is 1150. The summed E-state index contributed by atoms with van der Waals surface area (Å²) in [6.07, 6.45) is 5.68. The lowest BCUT2D eigenvalue weighted by Crippen LogP contribution is -2.56. The van der Waals surface area contributed by atoms with E-state index in [9.17, 15) is 23.1 Å². The number of alkyl halides is 3. The van der Waals surface area contributed by atoms with E-state index < -0.39 is 17.4 Å². The molecule has 43 heavy (non-hydrogen) atoms. The number of hydrogen-bond donors (Lipinski definition) is 1. The van der Waals surface area contributed by atoms with Gasteiger partial charge in [-0.15, -0.1) is 0 Å². The van der Waals surface area contributed by atoms with Crippen LogP contribution in [-0.2, 0) is 9.47 Å². The Balaban J connectivity index is 1.13. The molecule has 1 aromatic rings. The van der Waals surface area contributed by atoms with Crippen molar-refractivity contribution in [2.75, 3.05) is 13.2 Å². The first-order chi connectivity index (χ1) is 20.3. The lowest BCUT2D eigenvalue weighted by Gasteiger charge is -2.58. The van der Waals surface area contributed by atoms with Crippen molar-refractivity contribution in [2.45, 2.75) is 122 Å². The maximum absolute atomic E-state index is 13.8. The van der Waals surface area contributed by atoms with Crippen molar-refractivity contribution in [3.8, 4) is 0 Å². The molecule has 1 N–H and O–H groups in total. The molecule has 10 atom stereocenters. The summed E-state index contributed by atoms with van der Waals surface area (Å²) in [5.41, 5.74) is -2.41. The topological polar surface area (TPSA) is 55.8 Å². The zero-order chi connectivity index (χ0) is 30.7. The molecular formula is C36H51F3O4. The molecule has 4 aliphatic carbocycles. The first-order valence-corrected chi connectivity index (χ1v) is 17.0. The van der Waals surface area contributed by atoms with Crippen LogP contribution in [0, 0.1) is 46.3 Å². The van der Waals surface area contributed by atoms with Gasteiger partial charge in [-0.25, -0.2) is 4.79 Å². The highest BCUT2D eigenvalue weighted by Crippen LogP contribution is 2.68. The van der Waals surface area contributed by atoms with Crippen LogP contribution in [-0.4, -0.2) is 41.7 Å². The highest BCUT2D eigenvalue weighted by molar-refractivity contribution is 5.89. The van der Waals surface area contributed by atoms with Crippen LogP contribution >= 0.6 is 0 Å². The van der Waals surface area contributed by atoms with Gasteiger partial charge in [-0.2, -0.15) is 13.2 Å². The Morgan fingerprint density at radius 2 is 1.74 bits per heavy atom. The van der Waals surface area contributed by atoms with E-state index in [0.717, 1.165) is 51.4 Å². The van der Waals surface area contributed by atoms with Crippen molar-refractivity contribution in [1.29, 1.82) is 0 Å². The number of ether oxygens (including phenoxy) is 2. The Labute approximate surface area is 255 Å². The normalized spacial score (nSPS) is 43.7. The van der Waals surface area contributed by atoms with Gasteiger partial charge in [-0.1, -0.05) is 45.4 Å². The summed E-state index contributed by atoms with van der Waals surface area (Å²) in [6, 6.07) is 9.20. The highest BCUT2D eigenvalue weighted by atomic mass is 19.4. The fourth-order valence-electron chi connectivity index (χ4n) is 11.1. The average Bonchev–Trinajstić information content (AvgIpc) is 3.54. The Hall–Kier alpha value is -1.60. The van der Waals surface area contributed by atoms with E-state index in [4.69, 9.17) is 9.47 Å². The van der Waals surface area contributed by atoms with E-state index in [1.807, 2.05) is 18.2 Å². The second-order valence-corrected chi connectivity index (χ2v) is 15.7. The number of esters is 1. The summed E-state index contributed by atoms with van der Waals surface area (Å²) in [7, 11) is 0. The van der Waals surface area contributed by atoms with E-state index >= 15 is 0 Å². The summed E-state index contributed by atoms with van der Waals surface area (Å²) < 4.78 is 53.4. The van der Waals surface area contributed by atoms with E-state index in [-0.39, 0.29) is 35.6 Å². The smallest absolute Gasteiger partial charge is 0.417 e. The maximum Gasteiger partial charge on any atom is 0.417 e. The van der Waals surface area contributed by atoms with Gasteiger partial charge in [0.1, 0.15) is 5.60 Å². The van der Waals surface area contributed by atoms with Crippen LogP contribution in [0.2, 0.25) is 0 Å². The van der Waals surface area contributed by atoms with Crippen molar-refractivity contribution >= 4 is 5.97 Å². The van der Waals surface area contributed by atoms with Gasteiger partial charge in [0.05, 0.1) is 18.8 Å². The van der Waals surface area contributed by atoms with Gasteiger partial charge in [0.2, 0.25) is 0 Å². The van der Waals surface area contributed by atoms with Gasteiger partial charge in [0.15, 0.2) is 5.60 Å². The third-order valence-corrected chi connectivity index (χ3v) is 13.7. The number of halogens is 3. The van der Waals surface area contributed by atoms with Crippen molar-refractivity contribution in [3.05, 3.63) is 35.9 Å². The minimum absolute atomic E-state index is 0.0632. The summed E-state index contributed by atoms with van der Waals surface area (Å²) in [5.74, 6) is 2.36. The molecule has 0 radical (unpaired) electrons. The molecule has 240 valence electrons. The Kier molecular flexibility index (Phi) is 8.27. The molecule has 0 aromatic heterocycles. The monoisotopic (exact) mass is 604 g/mol. The number of benzene rings is 1. The molecule has 7 heteroatoms. The maximum atomic E-state index is 13.8.